The Balaban J connectivity index is 3.01. The molecule has 0 aliphatic rings. The lowest BCUT2D eigenvalue weighted by molar-refractivity contribution is 0.530. The van der Waals surface area contributed by atoms with Crippen LogP contribution in [0, 0.1) is 0 Å². The summed E-state index contributed by atoms with van der Waals surface area (Å²) in [5, 5.41) is 0. The lowest BCUT2D eigenvalue weighted by Crippen LogP contribution is -1.83. The van der Waals surface area contributed by atoms with Crippen LogP contribution in [0.25, 0.3) is 0 Å². The summed E-state index contributed by atoms with van der Waals surface area (Å²) >= 11 is 0. The van der Waals surface area contributed by atoms with Crippen molar-refractivity contribution >= 4 is 0 Å². The van der Waals surface area contributed by atoms with Crippen molar-refractivity contribution in [1.29, 1.82) is 0 Å². The van der Waals surface area contributed by atoms with Crippen molar-refractivity contribution in [2.75, 3.05) is 0 Å². The Bertz CT molecular complexity index is 261. The molecule has 0 aliphatic heterocycles. The second-order valence-electron chi connectivity index (χ2n) is 7.34. The zero-order valence-corrected chi connectivity index (χ0v) is 16.4. The molecule has 0 spiro atoms. The molecule has 0 radical (unpaired) electrons. The number of unbranched alkanes of at least 4 members (excludes halogenated alkanes) is 16. The Hall–Kier alpha value is -0.520. The average Bonchev–Trinajstić information content (AvgIpc) is 2.53. The normalized spacial score (nSPS) is 11.4. The molecule has 0 heterocycles. The standard InChI is InChI=1S/C23H44/c1-4-5-6-7-8-9-10-11-12-13-14-15-16-17-18-19-20-21-22-23(2)3/h21-22H,2,4-20H2,1,3H3. The first-order chi connectivity index (χ1) is 11.3. The molecule has 0 heteroatoms. The first-order valence-corrected chi connectivity index (χ1v) is 10.6. The van der Waals surface area contributed by atoms with Crippen LogP contribution < -0.4 is 0 Å². The van der Waals surface area contributed by atoms with E-state index in [-0.39, 0.29) is 0 Å². The van der Waals surface area contributed by atoms with Crippen LogP contribution in [0.3, 0.4) is 0 Å². The molecule has 23 heavy (non-hydrogen) atoms. The van der Waals surface area contributed by atoms with E-state index in [2.05, 4.69) is 32.6 Å². The second-order valence-corrected chi connectivity index (χ2v) is 7.34. The van der Waals surface area contributed by atoms with Gasteiger partial charge in [-0.1, -0.05) is 128 Å². The maximum Gasteiger partial charge on any atom is -0.0348 e. The first-order valence-electron chi connectivity index (χ1n) is 10.6. The Morgan fingerprint density at radius 2 is 0.957 bits per heavy atom. The lowest BCUT2D eigenvalue weighted by atomic mass is 10.0. The molecule has 0 bridgehead atoms. The summed E-state index contributed by atoms with van der Waals surface area (Å²) in [5.41, 5.74) is 1.17. The van der Waals surface area contributed by atoms with Crippen molar-refractivity contribution in [3.8, 4) is 0 Å². The van der Waals surface area contributed by atoms with Gasteiger partial charge in [0.15, 0.2) is 0 Å². The quantitative estimate of drug-likeness (QED) is 0.175. The van der Waals surface area contributed by atoms with Crippen LogP contribution in [-0.2, 0) is 0 Å². The van der Waals surface area contributed by atoms with E-state index >= 15 is 0 Å². The van der Waals surface area contributed by atoms with Gasteiger partial charge in [-0.15, -0.1) is 0 Å². The maximum absolute atomic E-state index is 3.88. The minimum Gasteiger partial charge on any atom is -0.0961 e. The van der Waals surface area contributed by atoms with Crippen LogP contribution in [0.2, 0.25) is 0 Å². The van der Waals surface area contributed by atoms with Gasteiger partial charge in [0.05, 0.1) is 0 Å². The zero-order valence-electron chi connectivity index (χ0n) is 16.4. The van der Waals surface area contributed by atoms with Gasteiger partial charge in [0.25, 0.3) is 0 Å². The molecule has 0 nitrogen and oxygen atoms in total. The van der Waals surface area contributed by atoms with Crippen molar-refractivity contribution in [1.82, 2.24) is 0 Å². The Kier molecular flexibility index (Phi) is 19.1. The van der Waals surface area contributed by atoms with Gasteiger partial charge in [0, 0.05) is 0 Å². The van der Waals surface area contributed by atoms with Crippen LogP contribution in [0.4, 0.5) is 0 Å². The SMILES string of the molecule is C=C(C)C=CCCCCCCCCCCCCCCCCCC. The molecule has 0 aromatic heterocycles. The van der Waals surface area contributed by atoms with Crippen molar-refractivity contribution in [2.24, 2.45) is 0 Å². The number of hydrogen-bond acceptors (Lipinski definition) is 0. The van der Waals surface area contributed by atoms with E-state index in [1.165, 1.54) is 115 Å². The van der Waals surface area contributed by atoms with Gasteiger partial charge in [0.2, 0.25) is 0 Å². The summed E-state index contributed by atoms with van der Waals surface area (Å²) in [6, 6.07) is 0. The second kappa shape index (κ2) is 19.5. The molecule has 0 rings (SSSR count). The fourth-order valence-corrected chi connectivity index (χ4v) is 3.09. The highest BCUT2D eigenvalue weighted by molar-refractivity contribution is 5.10. The predicted octanol–water partition coefficient (Wildman–Crippen LogP) is 8.77. The third-order valence-corrected chi connectivity index (χ3v) is 4.63. The molecule has 136 valence electrons. The molecule has 0 aliphatic carbocycles. The molecule has 0 fully saturated rings. The molecule has 0 unspecified atom stereocenters. The average molecular weight is 321 g/mol. The fourth-order valence-electron chi connectivity index (χ4n) is 3.09. The van der Waals surface area contributed by atoms with Crippen LogP contribution in [-0.4, -0.2) is 0 Å². The van der Waals surface area contributed by atoms with E-state index < -0.39 is 0 Å². The molecule has 0 aromatic carbocycles. The van der Waals surface area contributed by atoms with E-state index in [4.69, 9.17) is 0 Å². The molecule has 0 saturated heterocycles. The van der Waals surface area contributed by atoms with E-state index in [0.717, 1.165) is 0 Å². The highest BCUT2D eigenvalue weighted by Gasteiger charge is 1.94. The van der Waals surface area contributed by atoms with Crippen molar-refractivity contribution < 1.29 is 0 Å². The van der Waals surface area contributed by atoms with Gasteiger partial charge >= 0.3 is 0 Å². The van der Waals surface area contributed by atoms with E-state index in [1.54, 1.807) is 0 Å². The zero-order chi connectivity index (χ0) is 17.0. The molecule has 0 aromatic rings. The van der Waals surface area contributed by atoms with E-state index in [9.17, 15) is 0 Å². The molecule has 0 N–H and O–H groups in total. The largest absolute Gasteiger partial charge is 0.0961 e. The van der Waals surface area contributed by atoms with E-state index in [0.29, 0.717) is 0 Å². The monoisotopic (exact) mass is 320 g/mol. The summed E-state index contributed by atoms with van der Waals surface area (Å²) in [6.45, 7) is 8.24. The van der Waals surface area contributed by atoms with Crippen molar-refractivity contribution in [3.63, 3.8) is 0 Å². The molecule has 0 amide bonds. The molecular formula is C23H44. The lowest BCUT2D eigenvalue weighted by Gasteiger charge is -2.03. The van der Waals surface area contributed by atoms with Gasteiger partial charge < -0.3 is 0 Å². The van der Waals surface area contributed by atoms with Gasteiger partial charge in [-0.2, -0.15) is 0 Å². The highest BCUT2D eigenvalue weighted by atomic mass is 14.0. The van der Waals surface area contributed by atoms with Crippen molar-refractivity contribution in [2.45, 2.75) is 123 Å². The van der Waals surface area contributed by atoms with Crippen molar-refractivity contribution in [3.05, 3.63) is 24.3 Å². The van der Waals surface area contributed by atoms with Crippen LogP contribution in [0.15, 0.2) is 24.3 Å². The van der Waals surface area contributed by atoms with E-state index in [1.807, 2.05) is 0 Å². The minimum atomic E-state index is 1.17. The summed E-state index contributed by atoms with van der Waals surface area (Å²) in [4.78, 5) is 0. The van der Waals surface area contributed by atoms with Gasteiger partial charge in [0.1, 0.15) is 0 Å². The van der Waals surface area contributed by atoms with Gasteiger partial charge in [-0.05, 0) is 19.8 Å². The Labute approximate surface area is 147 Å². The summed E-state index contributed by atoms with van der Waals surface area (Å²) in [7, 11) is 0. The topological polar surface area (TPSA) is 0 Å². The summed E-state index contributed by atoms with van der Waals surface area (Å²) in [5.74, 6) is 0. The third kappa shape index (κ3) is 21.5. The molecule has 0 atom stereocenters. The summed E-state index contributed by atoms with van der Waals surface area (Å²) < 4.78 is 0. The maximum atomic E-state index is 3.88. The van der Waals surface area contributed by atoms with Crippen LogP contribution in [0.1, 0.15) is 123 Å². The Morgan fingerprint density at radius 1 is 0.609 bits per heavy atom. The number of allylic oxidation sites excluding steroid dienone is 3. The number of hydrogen-bond donors (Lipinski definition) is 0. The van der Waals surface area contributed by atoms with Crippen LogP contribution >= 0.6 is 0 Å². The molecular weight excluding hydrogens is 276 g/mol. The Morgan fingerprint density at radius 3 is 1.30 bits per heavy atom. The number of rotatable bonds is 18. The smallest absolute Gasteiger partial charge is 0.0348 e. The summed E-state index contributed by atoms with van der Waals surface area (Å²) in [6.07, 6.45) is 28.8. The minimum absolute atomic E-state index is 1.17. The van der Waals surface area contributed by atoms with Gasteiger partial charge in [-0.25, -0.2) is 0 Å². The predicted molar refractivity (Wildman–Crippen MR) is 108 cm³/mol. The third-order valence-electron chi connectivity index (χ3n) is 4.63. The van der Waals surface area contributed by atoms with Gasteiger partial charge in [-0.3, -0.25) is 0 Å². The highest BCUT2D eigenvalue weighted by Crippen LogP contribution is 2.14. The fraction of sp³-hybridized carbons (Fsp3) is 0.826. The first kappa shape index (κ1) is 22.5. The molecule has 0 saturated carbocycles. The van der Waals surface area contributed by atoms with Crippen LogP contribution in [0.5, 0.6) is 0 Å².